The number of aromatic nitrogens is 1. The molecule has 0 radical (unpaired) electrons. The molecule has 0 unspecified atom stereocenters. The summed E-state index contributed by atoms with van der Waals surface area (Å²) in [5.74, 6) is -1.01. The molecule has 1 N–H and O–H groups in total. The molecule has 1 saturated heterocycles. The number of sulfonamides is 1. The Bertz CT molecular complexity index is 1630. The SMILES string of the molecule is Cc1cccc(NC(=O)c2cc(F)cc(N(C3CN(C(c4ccc(Cl)cc4)c4ccc(Cl)cc4)C3)S(C)(=O)=O)c2)n1. The van der Waals surface area contributed by atoms with E-state index in [2.05, 4.69) is 15.2 Å². The van der Waals surface area contributed by atoms with Crippen LogP contribution in [0.1, 0.15) is 33.2 Å². The van der Waals surface area contributed by atoms with Gasteiger partial charge in [-0.3, -0.25) is 14.0 Å². The molecule has 1 aromatic heterocycles. The van der Waals surface area contributed by atoms with Crippen LogP contribution in [0.5, 0.6) is 0 Å². The van der Waals surface area contributed by atoms with Gasteiger partial charge in [-0.2, -0.15) is 0 Å². The van der Waals surface area contributed by atoms with Crippen molar-refractivity contribution in [3.63, 3.8) is 0 Å². The van der Waals surface area contributed by atoms with Gasteiger partial charge in [0.15, 0.2) is 0 Å². The first-order valence-electron chi connectivity index (χ1n) is 12.8. The average molecular weight is 614 g/mol. The predicted molar refractivity (Wildman–Crippen MR) is 161 cm³/mol. The Morgan fingerprint density at radius 3 is 2.10 bits per heavy atom. The van der Waals surface area contributed by atoms with Gasteiger partial charge in [-0.25, -0.2) is 17.8 Å². The molecule has 0 aliphatic carbocycles. The van der Waals surface area contributed by atoms with Crippen LogP contribution in [0, 0.1) is 12.7 Å². The number of rotatable bonds is 8. The van der Waals surface area contributed by atoms with Crippen molar-refractivity contribution < 1.29 is 17.6 Å². The Labute approximate surface area is 248 Å². The van der Waals surface area contributed by atoms with Gasteiger partial charge in [0.2, 0.25) is 10.0 Å². The van der Waals surface area contributed by atoms with Crippen LogP contribution in [0.4, 0.5) is 15.9 Å². The number of anilines is 2. The normalized spacial score (nSPS) is 14.1. The van der Waals surface area contributed by atoms with Gasteiger partial charge >= 0.3 is 0 Å². The summed E-state index contributed by atoms with van der Waals surface area (Å²) in [4.78, 5) is 19.3. The van der Waals surface area contributed by atoms with E-state index >= 15 is 0 Å². The largest absolute Gasteiger partial charge is 0.307 e. The Morgan fingerprint density at radius 1 is 0.976 bits per heavy atom. The highest BCUT2D eigenvalue weighted by Crippen LogP contribution is 2.37. The van der Waals surface area contributed by atoms with Crippen molar-refractivity contribution in [3.8, 4) is 0 Å². The summed E-state index contributed by atoms with van der Waals surface area (Å²) in [6.07, 6.45) is 1.08. The van der Waals surface area contributed by atoms with Crippen molar-refractivity contribution in [2.75, 3.05) is 29.0 Å². The van der Waals surface area contributed by atoms with E-state index in [1.54, 1.807) is 25.1 Å². The second kappa shape index (κ2) is 11.8. The van der Waals surface area contributed by atoms with Crippen LogP contribution in [0.15, 0.2) is 84.9 Å². The maximum atomic E-state index is 14.8. The lowest BCUT2D eigenvalue weighted by Crippen LogP contribution is -2.61. The van der Waals surface area contributed by atoms with E-state index in [0.717, 1.165) is 29.5 Å². The lowest BCUT2D eigenvalue weighted by molar-refractivity contribution is 0.102. The number of carbonyl (C=O) groups is 1. The second-order valence-electron chi connectivity index (χ2n) is 9.99. The van der Waals surface area contributed by atoms with Gasteiger partial charge in [-0.05, 0) is 72.6 Å². The third kappa shape index (κ3) is 6.70. The Hall–Kier alpha value is -3.50. The van der Waals surface area contributed by atoms with Crippen molar-refractivity contribution in [2.45, 2.75) is 19.0 Å². The maximum absolute atomic E-state index is 14.8. The summed E-state index contributed by atoms with van der Waals surface area (Å²) >= 11 is 12.3. The summed E-state index contributed by atoms with van der Waals surface area (Å²) in [6, 6.07) is 23.0. The van der Waals surface area contributed by atoms with E-state index in [4.69, 9.17) is 23.2 Å². The number of benzene rings is 3. The first-order chi connectivity index (χ1) is 19.5. The molecule has 7 nitrogen and oxygen atoms in total. The molecule has 4 aromatic rings. The van der Waals surface area contributed by atoms with Crippen LogP contribution >= 0.6 is 23.2 Å². The average Bonchev–Trinajstić information content (AvgIpc) is 2.88. The van der Waals surface area contributed by atoms with Crippen molar-refractivity contribution in [1.29, 1.82) is 0 Å². The second-order valence-corrected chi connectivity index (χ2v) is 12.7. The molecule has 0 bridgehead atoms. The molecule has 1 fully saturated rings. The molecule has 11 heteroatoms. The fraction of sp³-hybridized carbons (Fsp3) is 0.200. The molecular weight excluding hydrogens is 586 g/mol. The lowest BCUT2D eigenvalue weighted by Gasteiger charge is -2.48. The summed E-state index contributed by atoms with van der Waals surface area (Å²) in [6.45, 7) is 2.52. The summed E-state index contributed by atoms with van der Waals surface area (Å²) in [7, 11) is -3.83. The standard InChI is InChI=1S/C30H27Cl2FN4O3S/c1-19-4-3-5-28(34-19)35-30(38)22-14-25(33)16-26(15-22)37(41(2,39)40)27-17-36(18-27)29(20-6-10-23(31)11-7-20)21-8-12-24(32)13-9-21/h3-16,27,29H,17-18H2,1-2H3,(H,34,35,38). The van der Waals surface area contributed by atoms with Gasteiger partial charge in [0.1, 0.15) is 11.6 Å². The van der Waals surface area contributed by atoms with Gasteiger partial charge in [0.05, 0.1) is 24.0 Å². The zero-order valence-electron chi connectivity index (χ0n) is 22.3. The van der Waals surface area contributed by atoms with Crippen LogP contribution in [-0.4, -0.2) is 49.6 Å². The summed E-state index contributed by atoms with van der Waals surface area (Å²) in [5.41, 5.74) is 2.73. The molecule has 0 spiro atoms. The zero-order chi connectivity index (χ0) is 29.3. The zero-order valence-corrected chi connectivity index (χ0v) is 24.6. The first-order valence-corrected chi connectivity index (χ1v) is 15.4. The first kappa shape index (κ1) is 29.0. The van der Waals surface area contributed by atoms with E-state index in [-0.39, 0.29) is 17.3 Å². The lowest BCUT2D eigenvalue weighted by atomic mass is 9.93. The minimum Gasteiger partial charge on any atom is -0.307 e. The molecule has 0 saturated carbocycles. The molecule has 3 aromatic carbocycles. The number of amides is 1. The molecule has 41 heavy (non-hydrogen) atoms. The molecular formula is C30H27Cl2FN4O3S. The topological polar surface area (TPSA) is 82.6 Å². The summed E-state index contributed by atoms with van der Waals surface area (Å²) in [5, 5.41) is 3.86. The van der Waals surface area contributed by atoms with Crippen molar-refractivity contribution >= 4 is 50.6 Å². The van der Waals surface area contributed by atoms with E-state index in [1.165, 1.54) is 10.4 Å². The highest BCUT2D eigenvalue weighted by Gasteiger charge is 2.41. The summed E-state index contributed by atoms with van der Waals surface area (Å²) < 4.78 is 42.0. The van der Waals surface area contributed by atoms with E-state index in [0.29, 0.717) is 34.6 Å². The third-order valence-electron chi connectivity index (χ3n) is 6.85. The molecule has 0 atom stereocenters. The monoisotopic (exact) mass is 612 g/mol. The number of halogens is 3. The number of hydrogen-bond donors (Lipinski definition) is 1. The minimum absolute atomic E-state index is 0.0201. The number of nitrogens with one attached hydrogen (secondary N) is 1. The third-order valence-corrected chi connectivity index (χ3v) is 8.57. The number of aryl methyl sites for hydroxylation is 1. The number of carbonyl (C=O) groups excluding carboxylic acids is 1. The van der Waals surface area contributed by atoms with Crippen LogP contribution in [-0.2, 0) is 10.0 Å². The van der Waals surface area contributed by atoms with Crippen LogP contribution in [0.3, 0.4) is 0 Å². The van der Waals surface area contributed by atoms with E-state index < -0.39 is 27.8 Å². The van der Waals surface area contributed by atoms with Crippen LogP contribution in [0.25, 0.3) is 0 Å². The van der Waals surface area contributed by atoms with E-state index in [1.807, 2.05) is 48.5 Å². The van der Waals surface area contributed by atoms with Crippen LogP contribution in [0.2, 0.25) is 10.0 Å². The predicted octanol–water partition coefficient (Wildman–Crippen LogP) is 6.33. The van der Waals surface area contributed by atoms with Crippen molar-refractivity contribution in [3.05, 3.63) is 123 Å². The number of pyridine rings is 1. The smallest absolute Gasteiger partial charge is 0.256 e. The van der Waals surface area contributed by atoms with E-state index in [9.17, 15) is 17.6 Å². The molecule has 2 heterocycles. The molecule has 1 aliphatic rings. The quantitative estimate of drug-likeness (QED) is 0.251. The van der Waals surface area contributed by atoms with Gasteiger partial charge in [-0.15, -0.1) is 0 Å². The molecule has 1 amide bonds. The minimum atomic E-state index is -3.83. The maximum Gasteiger partial charge on any atom is 0.256 e. The van der Waals surface area contributed by atoms with Gasteiger partial charge in [0, 0.05) is 34.4 Å². The fourth-order valence-corrected chi connectivity index (χ4v) is 6.47. The number of hydrogen-bond acceptors (Lipinski definition) is 5. The van der Waals surface area contributed by atoms with Crippen molar-refractivity contribution in [2.24, 2.45) is 0 Å². The molecule has 1 aliphatic heterocycles. The molecule has 5 rings (SSSR count). The highest BCUT2D eigenvalue weighted by molar-refractivity contribution is 7.92. The highest BCUT2D eigenvalue weighted by atomic mass is 35.5. The van der Waals surface area contributed by atoms with Gasteiger partial charge in [-0.1, -0.05) is 53.5 Å². The van der Waals surface area contributed by atoms with Crippen LogP contribution < -0.4 is 9.62 Å². The number of likely N-dealkylation sites (tertiary alicyclic amines) is 1. The Kier molecular flexibility index (Phi) is 8.33. The Morgan fingerprint density at radius 2 is 1.56 bits per heavy atom. The molecule has 212 valence electrons. The Balaban J connectivity index is 1.42. The number of nitrogens with zero attached hydrogens (tertiary/aromatic N) is 3. The van der Waals surface area contributed by atoms with Gasteiger partial charge in [0.25, 0.3) is 5.91 Å². The fourth-order valence-electron chi connectivity index (χ4n) is 5.06. The van der Waals surface area contributed by atoms with Crippen molar-refractivity contribution in [1.82, 2.24) is 9.88 Å². The van der Waals surface area contributed by atoms with Gasteiger partial charge < -0.3 is 5.32 Å².